The van der Waals surface area contributed by atoms with Gasteiger partial charge < -0.3 is 10.2 Å². The van der Waals surface area contributed by atoms with E-state index in [9.17, 15) is 15.0 Å². The molecule has 4 rings (SSSR count). The Balaban J connectivity index is 1.65. The third kappa shape index (κ3) is 3.63. The van der Waals surface area contributed by atoms with Crippen molar-refractivity contribution < 1.29 is 15.0 Å². The van der Waals surface area contributed by atoms with Crippen molar-refractivity contribution >= 4 is 5.78 Å². The van der Waals surface area contributed by atoms with Gasteiger partial charge in [0.2, 0.25) is 0 Å². The summed E-state index contributed by atoms with van der Waals surface area (Å²) < 4.78 is 0. The number of aliphatic hydroxyl groups excluding tert-OH is 2. The number of Topliss-reactive ketones (excluding diaryl/α,β-unsaturated/α-hetero) is 1. The molecule has 3 heteroatoms. The standard InChI is InChI=1S/C30H48O3/c1-19(2)16-21(32)17-20(18-31)22-10-14-30(7)24-8-9-25-27(3,4)26(33)12-13-28(25,5)23(24)11-15-29(22,30)6/h8,16,20-23,25,31-32H,9-15,17-18H2,1-7H3/t20-,21?,22+,23+,25+,28-,29+,30-/m1/s1. The molecule has 0 aromatic heterocycles. The summed E-state index contributed by atoms with van der Waals surface area (Å²) in [5.74, 6) is 2.04. The summed E-state index contributed by atoms with van der Waals surface area (Å²) >= 11 is 0. The van der Waals surface area contributed by atoms with Crippen LogP contribution in [-0.2, 0) is 4.79 Å². The van der Waals surface area contributed by atoms with Gasteiger partial charge in [0.15, 0.2) is 0 Å². The lowest BCUT2D eigenvalue weighted by molar-refractivity contribution is -0.146. The second-order valence-corrected chi connectivity index (χ2v) is 13.6. The fourth-order valence-corrected chi connectivity index (χ4v) is 9.44. The van der Waals surface area contributed by atoms with Gasteiger partial charge in [-0.05, 0) is 98.7 Å². The number of ketones is 1. The van der Waals surface area contributed by atoms with Crippen LogP contribution in [-0.4, -0.2) is 28.7 Å². The number of aliphatic hydroxyl groups is 2. The second kappa shape index (κ2) is 8.33. The molecule has 0 aliphatic heterocycles. The van der Waals surface area contributed by atoms with Crippen LogP contribution in [0.2, 0.25) is 0 Å². The first-order valence-electron chi connectivity index (χ1n) is 13.5. The zero-order valence-corrected chi connectivity index (χ0v) is 22.2. The SMILES string of the molecule is CC(C)=CC(O)C[C@H](CO)[C@@H]1CC[C@]2(C)C3=CC[C@H]4C(C)(C)C(=O)CC[C@]4(C)[C@H]3CC[C@@]12C. The monoisotopic (exact) mass is 456 g/mol. The van der Waals surface area contributed by atoms with Crippen molar-refractivity contribution in [2.75, 3.05) is 6.61 Å². The molecule has 33 heavy (non-hydrogen) atoms. The van der Waals surface area contributed by atoms with E-state index >= 15 is 0 Å². The van der Waals surface area contributed by atoms with Gasteiger partial charge in [0.1, 0.15) is 5.78 Å². The predicted octanol–water partition coefficient (Wildman–Crippen LogP) is 6.49. The van der Waals surface area contributed by atoms with Crippen LogP contribution in [0.1, 0.15) is 99.8 Å². The Kier molecular flexibility index (Phi) is 6.35. The van der Waals surface area contributed by atoms with E-state index < -0.39 is 6.10 Å². The summed E-state index contributed by atoms with van der Waals surface area (Å²) in [4.78, 5) is 12.8. The van der Waals surface area contributed by atoms with Gasteiger partial charge in [-0.25, -0.2) is 0 Å². The molecule has 0 aromatic carbocycles. The zero-order chi connectivity index (χ0) is 24.4. The number of rotatable bonds is 5. The molecule has 0 radical (unpaired) electrons. The molecule has 8 atom stereocenters. The molecule has 3 saturated carbocycles. The molecule has 3 fully saturated rings. The van der Waals surface area contributed by atoms with Crippen molar-refractivity contribution in [2.24, 2.45) is 45.3 Å². The first-order valence-corrected chi connectivity index (χ1v) is 13.5. The molecule has 4 aliphatic carbocycles. The van der Waals surface area contributed by atoms with Gasteiger partial charge in [0.05, 0.1) is 6.10 Å². The highest BCUT2D eigenvalue weighted by Crippen LogP contribution is 2.73. The Bertz CT molecular complexity index is 849. The maximum absolute atomic E-state index is 12.8. The van der Waals surface area contributed by atoms with Crippen LogP contribution in [0.3, 0.4) is 0 Å². The number of carbonyl (C=O) groups is 1. The van der Waals surface area contributed by atoms with Crippen molar-refractivity contribution in [1.82, 2.24) is 0 Å². The molecular weight excluding hydrogens is 408 g/mol. The van der Waals surface area contributed by atoms with E-state index in [4.69, 9.17) is 0 Å². The van der Waals surface area contributed by atoms with Crippen LogP contribution in [0.5, 0.6) is 0 Å². The lowest BCUT2D eigenvalue weighted by Gasteiger charge is -2.63. The maximum Gasteiger partial charge on any atom is 0.138 e. The third-order valence-electron chi connectivity index (χ3n) is 11.5. The van der Waals surface area contributed by atoms with Crippen LogP contribution >= 0.6 is 0 Å². The fourth-order valence-electron chi connectivity index (χ4n) is 9.44. The quantitative estimate of drug-likeness (QED) is 0.465. The Labute approximate surface area is 202 Å². The summed E-state index contributed by atoms with van der Waals surface area (Å²) in [5.41, 5.74) is 3.08. The molecule has 0 amide bonds. The molecule has 3 nitrogen and oxygen atoms in total. The third-order valence-corrected chi connectivity index (χ3v) is 11.5. The molecule has 1 unspecified atom stereocenters. The van der Waals surface area contributed by atoms with Crippen LogP contribution in [0, 0.1) is 45.3 Å². The average Bonchev–Trinajstić information content (AvgIpc) is 3.00. The van der Waals surface area contributed by atoms with Gasteiger partial charge in [-0.3, -0.25) is 4.79 Å². The summed E-state index contributed by atoms with van der Waals surface area (Å²) in [6, 6.07) is 0. The first-order chi connectivity index (χ1) is 15.3. The van der Waals surface area contributed by atoms with Crippen molar-refractivity contribution in [3.63, 3.8) is 0 Å². The van der Waals surface area contributed by atoms with Crippen LogP contribution in [0.25, 0.3) is 0 Å². The summed E-state index contributed by atoms with van der Waals surface area (Å²) in [5, 5.41) is 21.0. The molecule has 2 N–H and O–H groups in total. The zero-order valence-electron chi connectivity index (χ0n) is 22.2. The highest BCUT2D eigenvalue weighted by Gasteiger charge is 2.65. The van der Waals surface area contributed by atoms with Crippen molar-refractivity contribution in [3.05, 3.63) is 23.3 Å². The van der Waals surface area contributed by atoms with Gasteiger partial charge in [0.25, 0.3) is 0 Å². The predicted molar refractivity (Wildman–Crippen MR) is 135 cm³/mol. The highest BCUT2D eigenvalue weighted by atomic mass is 16.3. The van der Waals surface area contributed by atoms with E-state index in [1.54, 1.807) is 5.57 Å². The van der Waals surface area contributed by atoms with Crippen LogP contribution in [0.4, 0.5) is 0 Å². The molecule has 0 saturated heterocycles. The summed E-state index contributed by atoms with van der Waals surface area (Å²) in [6.07, 6.45) is 12.1. The van der Waals surface area contributed by atoms with Crippen molar-refractivity contribution in [3.8, 4) is 0 Å². The minimum atomic E-state index is -0.477. The Hall–Kier alpha value is -0.930. The van der Waals surface area contributed by atoms with Crippen molar-refractivity contribution in [1.29, 1.82) is 0 Å². The van der Waals surface area contributed by atoms with E-state index in [1.807, 2.05) is 19.9 Å². The number of fused-ring (bicyclic) bond motifs is 5. The van der Waals surface area contributed by atoms with Gasteiger partial charge in [0, 0.05) is 18.4 Å². The Morgan fingerprint density at radius 2 is 1.82 bits per heavy atom. The van der Waals surface area contributed by atoms with Crippen LogP contribution in [0.15, 0.2) is 23.3 Å². The summed E-state index contributed by atoms with van der Waals surface area (Å²) in [6.45, 7) is 16.1. The van der Waals surface area contributed by atoms with Crippen LogP contribution < -0.4 is 0 Å². The van der Waals surface area contributed by atoms with Crippen molar-refractivity contribution in [2.45, 2.75) is 106 Å². The highest BCUT2D eigenvalue weighted by molar-refractivity contribution is 5.85. The topological polar surface area (TPSA) is 57.5 Å². The maximum atomic E-state index is 12.8. The molecule has 186 valence electrons. The second-order valence-electron chi connectivity index (χ2n) is 13.6. The van der Waals surface area contributed by atoms with Gasteiger partial charge in [-0.15, -0.1) is 0 Å². The Morgan fingerprint density at radius 1 is 1.12 bits per heavy atom. The molecular formula is C30H48O3. The number of allylic oxidation sites excluding steroid dienone is 3. The molecule has 4 aliphatic rings. The first kappa shape index (κ1) is 25.2. The fraction of sp³-hybridized carbons (Fsp3) is 0.833. The van der Waals surface area contributed by atoms with Gasteiger partial charge in [-0.1, -0.05) is 57.9 Å². The van der Waals surface area contributed by atoms with Gasteiger partial charge >= 0.3 is 0 Å². The Morgan fingerprint density at radius 3 is 2.45 bits per heavy atom. The number of hydrogen-bond acceptors (Lipinski definition) is 3. The van der Waals surface area contributed by atoms with E-state index in [0.717, 1.165) is 31.3 Å². The molecule has 0 aromatic rings. The summed E-state index contributed by atoms with van der Waals surface area (Å²) in [7, 11) is 0. The molecule has 0 heterocycles. The number of carbonyl (C=O) groups excluding carboxylic acids is 1. The van der Waals surface area contributed by atoms with E-state index in [2.05, 4.69) is 40.7 Å². The van der Waals surface area contributed by atoms with Gasteiger partial charge in [-0.2, -0.15) is 0 Å². The minimum absolute atomic E-state index is 0.137. The molecule has 0 spiro atoms. The number of hydrogen-bond donors (Lipinski definition) is 2. The lowest BCUT2D eigenvalue weighted by atomic mass is 9.41. The van der Waals surface area contributed by atoms with E-state index in [0.29, 0.717) is 30.0 Å². The average molecular weight is 457 g/mol. The lowest BCUT2D eigenvalue weighted by Crippen LogP contribution is -2.57. The van der Waals surface area contributed by atoms with E-state index in [-0.39, 0.29) is 34.2 Å². The largest absolute Gasteiger partial charge is 0.396 e. The smallest absolute Gasteiger partial charge is 0.138 e. The molecule has 0 bridgehead atoms. The minimum Gasteiger partial charge on any atom is -0.396 e. The van der Waals surface area contributed by atoms with E-state index in [1.165, 1.54) is 19.3 Å². The normalized spacial score (nSPS) is 43.6.